The van der Waals surface area contributed by atoms with Crippen LogP contribution in [0.1, 0.15) is 26.3 Å². The summed E-state index contributed by atoms with van der Waals surface area (Å²) in [6.45, 7) is 6.35. The number of nitrogens with zero attached hydrogens (tertiary/aromatic N) is 1. The van der Waals surface area contributed by atoms with Crippen LogP contribution in [0.15, 0.2) is 21.8 Å². The number of hydrogen-bond acceptors (Lipinski definition) is 4. The Hall–Kier alpha value is -1.23. The van der Waals surface area contributed by atoms with Crippen molar-refractivity contribution in [1.82, 2.24) is 0 Å². The molecular formula is C12H16BrNO3. The minimum atomic E-state index is 0.0680. The smallest absolute Gasteiger partial charge is 0.162 e. The molecule has 0 unspecified atom stereocenters. The fourth-order valence-corrected chi connectivity index (χ4v) is 1.75. The van der Waals surface area contributed by atoms with Crippen LogP contribution in [0.2, 0.25) is 0 Å². The second kappa shape index (κ2) is 6.49. The average Bonchev–Trinajstić information content (AvgIpc) is 2.24. The summed E-state index contributed by atoms with van der Waals surface area (Å²) in [5.74, 6) is 1.31. The standard InChI is InChI=1S/C12H16BrNO3/c1-4-16-11-5-9(7-14-15)10(13)6-12(11)17-8(2)3/h5-8,15H,4H2,1-3H3/b14-7+. The van der Waals surface area contributed by atoms with Crippen LogP contribution in [0.4, 0.5) is 0 Å². The summed E-state index contributed by atoms with van der Waals surface area (Å²) in [6, 6.07) is 3.58. The molecule has 1 N–H and O–H groups in total. The molecule has 1 aromatic rings. The van der Waals surface area contributed by atoms with Gasteiger partial charge in [-0.25, -0.2) is 0 Å². The first kappa shape index (κ1) is 13.8. The molecule has 4 nitrogen and oxygen atoms in total. The van der Waals surface area contributed by atoms with Crippen molar-refractivity contribution in [3.8, 4) is 11.5 Å². The molecule has 0 amide bonds. The van der Waals surface area contributed by atoms with Crippen LogP contribution in [0.25, 0.3) is 0 Å². The molecule has 1 rings (SSSR count). The number of benzene rings is 1. The number of ether oxygens (including phenoxy) is 2. The van der Waals surface area contributed by atoms with Gasteiger partial charge in [0.25, 0.3) is 0 Å². The second-order valence-corrected chi connectivity index (χ2v) is 4.52. The SMILES string of the molecule is CCOc1cc(/C=N/O)c(Br)cc1OC(C)C. The lowest BCUT2D eigenvalue weighted by molar-refractivity contribution is 0.223. The summed E-state index contributed by atoms with van der Waals surface area (Å²) in [5, 5.41) is 11.6. The monoisotopic (exact) mass is 301 g/mol. The first-order valence-corrected chi connectivity index (χ1v) is 6.18. The van der Waals surface area contributed by atoms with Gasteiger partial charge < -0.3 is 14.7 Å². The Balaban J connectivity index is 3.15. The third kappa shape index (κ3) is 3.93. The highest BCUT2D eigenvalue weighted by Crippen LogP contribution is 2.33. The number of oxime groups is 1. The van der Waals surface area contributed by atoms with E-state index in [0.717, 1.165) is 10.0 Å². The van der Waals surface area contributed by atoms with Crippen molar-refractivity contribution in [3.05, 3.63) is 22.2 Å². The van der Waals surface area contributed by atoms with Gasteiger partial charge in [-0.3, -0.25) is 0 Å². The predicted octanol–water partition coefficient (Wildman–Crippen LogP) is 3.44. The van der Waals surface area contributed by atoms with Crippen LogP contribution in [0.3, 0.4) is 0 Å². The maximum absolute atomic E-state index is 8.56. The highest BCUT2D eigenvalue weighted by molar-refractivity contribution is 9.10. The van der Waals surface area contributed by atoms with Crippen LogP contribution in [-0.2, 0) is 0 Å². The summed E-state index contributed by atoms with van der Waals surface area (Å²) in [4.78, 5) is 0. The zero-order valence-electron chi connectivity index (χ0n) is 10.1. The van der Waals surface area contributed by atoms with E-state index >= 15 is 0 Å². The average molecular weight is 302 g/mol. The van der Waals surface area contributed by atoms with Gasteiger partial charge in [0.2, 0.25) is 0 Å². The van der Waals surface area contributed by atoms with E-state index in [1.165, 1.54) is 6.21 Å². The van der Waals surface area contributed by atoms with Crippen molar-refractivity contribution in [2.24, 2.45) is 5.16 Å². The Bertz CT molecular complexity index is 405. The van der Waals surface area contributed by atoms with Gasteiger partial charge in [-0.05, 0) is 48.8 Å². The first-order valence-electron chi connectivity index (χ1n) is 5.38. The van der Waals surface area contributed by atoms with Crippen molar-refractivity contribution in [2.75, 3.05) is 6.61 Å². The predicted molar refractivity (Wildman–Crippen MR) is 70.5 cm³/mol. The summed E-state index contributed by atoms with van der Waals surface area (Å²) in [7, 11) is 0. The van der Waals surface area contributed by atoms with Gasteiger partial charge in [0, 0.05) is 10.0 Å². The van der Waals surface area contributed by atoms with Gasteiger partial charge in [0.15, 0.2) is 11.5 Å². The van der Waals surface area contributed by atoms with Crippen molar-refractivity contribution in [2.45, 2.75) is 26.9 Å². The van der Waals surface area contributed by atoms with Gasteiger partial charge in [0.1, 0.15) is 0 Å². The van der Waals surface area contributed by atoms with E-state index in [9.17, 15) is 0 Å². The highest BCUT2D eigenvalue weighted by Gasteiger charge is 2.11. The highest BCUT2D eigenvalue weighted by atomic mass is 79.9. The number of hydrogen-bond donors (Lipinski definition) is 1. The Kier molecular flexibility index (Phi) is 5.28. The van der Waals surface area contributed by atoms with E-state index < -0.39 is 0 Å². The van der Waals surface area contributed by atoms with E-state index in [4.69, 9.17) is 14.7 Å². The molecule has 0 saturated heterocycles. The maximum atomic E-state index is 8.56. The minimum absolute atomic E-state index is 0.0680. The molecule has 1 aromatic carbocycles. The summed E-state index contributed by atoms with van der Waals surface area (Å²) >= 11 is 3.39. The Morgan fingerprint density at radius 1 is 1.41 bits per heavy atom. The third-order valence-corrected chi connectivity index (χ3v) is 2.61. The maximum Gasteiger partial charge on any atom is 0.162 e. The minimum Gasteiger partial charge on any atom is -0.490 e. The van der Waals surface area contributed by atoms with Crippen molar-refractivity contribution >= 4 is 22.1 Å². The molecule has 0 bridgehead atoms. The molecule has 0 aliphatic carbocycles. The summed E-state index contributed by atoms with van der Waals surface area (Å²) in [5.41, 5.74) is 0.729. The number of rotatable bonds is 5. The second-order valence-electron chi connectivity index (χ2n) is 3.66. The molecule has 0 aromatic heterocycles. The van der Waals surface area contributed by atoms with Crippen LogP contribution in [0.5, 0.6) is 11.5 Å². The van der Waals surface area contributed by atoms with Gasteiger partial charge in [-0.1, -0.05) is 5.16 Å². The fourth-order valence-electron chi connectivity index (χ4n) is 1.33. The fraction of sp³-hybridized carbons (Fsp3) is 0.417. The molecule has 17 heavy (non-hydrogen) atoms. The summed E-state index contributed by atoms with van der Waals surface area (Å²) in [6.07, 6.45) is 1.41. The normalized spacial score (nSPS) is 11.1. The van der Waals surface area contributed by atoms with Gasteiger partial charge in [-0.2, -0.15) is 0 Å². The zero-order chi connectivity index (χ0) is 12.8. The van der Waals surface area contributed by atoms with Crippen molar-refractivity contribution in [3.63, 3.8) is 0 Å². The van der Waals surface area contributed by atoms with Crippen LogP contribution >= 0.6 is 15.9 Å². The first-order chi connectivity index (χ1) is 8.08. The number of halogens is 1. The lowest BCUT2D eigenvalue weighted by Crippen LogP contribution is -2.08. The largest absolute Gasteiger partial charge is 0.490 e. The molecule has 0 heterocycles. The molecule has 0 atom stereocenters. The molecule has 0 radical (unpaired) electrons. The van der Waals surface area contributed by atoms with Crippen LogP contribution in [-0.4, -0.2) is 24.1 Å². The van der Waals surface area contributed by atoms with Crippen molar-refractivity contribution in [1.29, 1.82) is 0 Å². The van der Waals surface area contributed by atoms with E-state index in [2.05, 4.69) is 21.1 Å². The zero-order valence-corrected chi connectivity index (χ0v) is 11.7. The quantitative estimate of drug-likeness (QED) is 0.515. The lowest BCUT2D eigenvalue weighted by atomic mass is 10.2. The van der Waals surface area contributed by atoms with E-state index in [1.807, 2.05) is 26.8 Å². The van der Waals surface area contributed by atoms with Crippen molar-refractivity contribution < 1.29 is 14.7 Å². The molecule has 0 saturated carbocycles. The Labute approximate surface area is 109 Å². The molecule has 0 aliphatic heterocycles. The van der Waals surface area contributed by atoms with Gasteiger partial charge in [0.05, 0.1) is 18.9 Å². The van der Waals surface area contributed by atoms with E-state index in [1.54, 1.807) is 6.07 Å². The molecule has 0 aliphatic rings. The Morgan fingerprint density at radius 3 is 2.65 bits per heavy atom. The molecule has 94 valence electrons. The molecule has 0 fully saturated rings. The topological polar surface area (TPSA) is 51.0 Å². The van der Waals surface area contributed by atoms with E-state index in [0.29, 0.717) is 18.1 Å². The van der Waals surface area contributed by atoms with Gasteiger partial charge in [-0.15, -0.1) is 0 Å². The molecule has 0 spiro atoms. The third-order valence-electron chi connectivity index (χ3n) is 1.92. The molecular weight excluding hydrogens is 286 g/mol. The molecule has 5 heteroatoms. The van der Waals surface area contributed by atoms with Crippen LogP contribution in [0, 0.1) is 0 Å². The lowest BCUT2D eigenvalue weighted by Gasteiger charge is -2.15. The summed E-state index contributed by atoms with van der Waals surface area (Å²) < 4.78 is 11.9. The van der Waals surface area contributed by atoms with Crippen LogP contribution < -0.4 is 9.47 Å². The van der Waals surface area contributed by atoms with Gasteiger partial charge >= 0.3 is 0 Å². The van der Waals surface area contributed by atoms with E-state index in [-0.39, 0.29) is 6.10 Å². The Morgan fingerprint density at radius 2 is 2.12 bits per heavy atom.